The lowest BCUT2D eigenvalue weighted by atomic mass is 10.2. The lowest BCUT2D eigenvalue weighted by molar-refractivity contribution is -0.147. The zero-order chi connectivity index (χ0) is 16.8. The van der Waals surface area contributed by atoms with Crippen molar-refractivity contribution in [3.05, 3.63) is 60.0 Å². The van der Waals surface area contributed by atoms with Crippen molar-refractivity contribution in [3.8, 4) is 23.3 Å². The fourth-order valence-electron chi connectivity index (χ4n) is 1.88. The van der Waals surface area contributed by atoms with Gasteiger partial charge in [-0.05, 0) is 36.4 Å². The van der Waals surface area contributed by atoms with Crippen molar-refractivity contribution < 1.29 is 23.2 Å². The molecule has 0 saturated carbocycles. The van der Waals surface area contributed by atoms with Crippen LogP contribution in [0.1, 0.15) is 11.3 Å². The Labute approximate surface area is 137 Å². The SMILES string of the molecule is N#Cc1ccc(OCC(=O)OCc2cc(-c3ccco3)on2)cc1. The molecule has 0 fully saturated rings. The van der Waals surface area contributed by atoms with Gasteiger partial charge in [0.25, 0.3) is 0 Å². The van der Waals surface area contributed by atoms with E-state index in [1.54, 1.807) is 42.5 Å². The molecular weight excluding hydrogens is 312 g/mol. The molecule has 24 heavy (non-hydrogen) atoms. The van der Waals surface area contributed by atoms with Crippen LogP contribution in [0.3, 0.4) is 0 Å². The minimum atomic E-state index is -0.540. The number of rotatable bonds is 6. The van der Waals surface area contributed by atoms with E-state index in [2.05, 4.69) is 5.16 Å². The van der Waals surface area contributed by atoms with E-state index in [-0.39, 0.29) is 13.2 Å². The van der Waals surface area contributed by atoms with Crippen LogP contribution < -0.4 is 4.74 Å². The van der Waals surface area contributed by atoms with Gasteiger partial charge in [0, 0.05) is 6.07 Å². The first-order valence-electron chi connectivity index (χ1n) is 7.02. The number of carbonyl (C=O) groups is 1. The molecule has 0 aliphatic rings. The number of ether oxygens (including phenoxy) is 2. The van der Waals surface area contributed by atoms with Crippen LogP contribution in [0.5, 0.6) is 5.75 Å². The Morgan fingerprint density at radius 3 is 2.75 bits per heavy atom. The summed E-state index contributed by atoms with van der Waals surface area (Å²) in [6.07, 6.45) is 1.53. The molecule has 0 saturated heterocycles. The maximum absolute atomic E-state index is 11.7. The first kappa shape index (κ1) is 15.4. The van der Waals surface area contributed by atoms with Gasteiger partial charge in [0.05, 0.1) is 17.9 Å². The van der Waals surface area contributed by atoms with Gasteiger partial charge in [0.15, 0.2) is 12.4 Å². The summed E-state index contributed by atoms with van der Waals surface area (Å²) in [6.45, 7) is -0.269. The van der Waals surface area contributed by atoms with E-state index in [0.717, 1.165) is 0 Å². The summed E-state index contributed by atoms with van der Waals surface area (Å²) in [5.74, 6) is 0.943. The van der Waals surface area contributed by atoms with Crippen molar-refractivity contribution in [1.82, 2.24) is 5.16 Å². The molecule has 2 heterocycles. The number of esters is 1. The number of hydrogen-bond acceptors (Lipinski definition) is 7. The maximum Gasteiger partial charge on any atom is 0.344 e. The number of furan rings is 1. The van der Waals surface area contributed by atoms with Crippen LogP contribution >= 0.6 is 0 Å². The molecule has 120 valence electrons. The van der Waals surface area contributed by atoms with Gasteiger partial charge in [-0.15, -0.1) is 0 Å². The molecule has 0 N–H and O–H groups in total. The Kier molecular flexibility index (Phi) is 4.58. The van der Waals surface area contributed by atoms with Crippen LogP contribution in [0.15, 0.2) is 57.7 Å². The number of aromatic nitrogens is 1. The first-order chi connectivity index (χ1) is 11.7. The second kappa shape index (κ2) is 7.15. The number of benzene rings is 1. The Bertz CT molecular complexity index is 844. The third kappa shape index (κ3) is 3.81. The molecule has 0 aliphatic carbocycles. The summed E-state index contributed by atoms with van der Waals surface area (Å²) in [5.41, 5.74) is 0.983. The topological polar surface area (TPSA) is 98.5 Å². The third-order valence-corrected chi connectivity index (χ3v) is 3.04. The van der Waals surface area contributed by atoms with E-state index in [4.69, 9.17) is 23.7 Å². The molecule has 0 radical (unpaired) electrons. The van der Waals surface area contributed by atoms with Crippen LogP contribution in [0.4, 0.5) is 0 Å². The van der Waals surface area contributed by atoms with Crippen molar-refractivity contribution in [2.75, 3.05) is 6.61 Å². The summed E-state index contributed by atoms with van der Waals surface area (Å²) >= 11 is 0. The van der Waals surface area contributed by atoms with Crippen molar-refractivity contribution in [1.29, 1.82) is 5.26 Å². The van der Waals surface area contributed by atoms with E-state index in [1.165, 1.54) is 6.26 Å². The lowest BCUT2D eigenvalue weighted by Gasteiger charge is -2.05. The Morgan fingerprint density at radius 1 is 1.21 bits per heavy atom. The van der Waals surface area contributed by atoms with E-state index < -0.39 is 5.97 Å². The highest BCUT2D eigenvalue weighted by molar-refractivity contribution is 5.71. The van der Waals surface area contributed by atoms with E-state index in [1.807, 2.05) is 6.07 Å². The van der Waals surface area contributed by atoms with Gasteiger partial charge in [0.2, 0.25) is 5.76 Å². The normalized spacial score (nSPS) is 10.1. The van der Waals surface area contributed by atoms with Gasteiger partial charge in [-0.2, -0.15) is 5.26 Å². The maximum atomic E-state index is 11.7. The van der Waals surface area contributed by atoms with Gasteiger partial charge < -0.3 is 18.4 Å². The molecule has 2 aromatic heterocycles. The van der Waals surface area contributed by atoms with Crippen LogP contribution in [0, 0.1) is 11.3 Å². The number of nitrogens with zero attached hydrogens (tertiary/aromatic N) is 2. The van der Waals surface area contributed by atoms with Crippen molar-refractivity contribution >= 4 is 5.97 Å². The molecule has 0 atom stereocenters. The average molecular weight is 324 g/mol. The van der Waals surface area contributed by atoms with Gasteiger partial charge in [-0.1, -0.05) is 5.16 Å². The molecule has 0 aliphatic heterocycles. The van der Waals surface area contributed by atoms with Crippen LogP contribution in [0.25, 0.3) is 11.5 Å². The van der Waals surface area contributed by atoms with E-state index >= 15 is 0 Å². The van der Waals surface area contributed by atoms with Gasteiger partial charge in [-0.3, -0.25) is 0 Å². The lowest BCUT2D eigenvalue weighted by Crippen LogP contribution is -2.14. The quantitative estimate of drug-likeness (QED) is 0.643. The fraction of sp³-hybridized carbons (Fsp3) is 0.118. The van der Waals surface area contributed by atoms with Gasteiger partial charge in [-0.25, -0.2) is 4.79 Å². The standard InChI is InChI=1S/C17H12N2O5/c18-9-12-3-5-14(6-4-12)22-11-17(20)23-10-13-8-16(24-19-13)15-2-1-7-21-15/h1-8H,10-11H2. The molecule has 3 rings (SSSR count). The highest BCUT2D eigenvalue weighted by Gasteiger charge is 2.11. The third-order valence-electron chi connectivity index (χ3n) is 3.04. The van der Waals surface area contributed by atoms with Crippen molar-refractivity contribution in [2.45, 2.75) is 6.61 Å². The largest absolute Gasteiger partial charge is 0.482 e. The number of carbonyl (C=O) groups excluding carboxylic acids is 1. The smallest absolute Gasteiger partial charge is 0.344 e. The second-order valence-electron chi connectivity index (χ2n) is 4.75. The van der Waals surface area contributed by atoms with Crippen LogP contribution in [-0.2, 0) is 16.1 Å². The molecule has 0 amide bonds. The Balaban J connectivity index is 1.46. The molecule has 1 aromatic carbocycles. The molecule has 7 heteroatoms. The van der Waals surface area contributed by atoms with Gasteiger partial charge in [0.1, 0.15) is 18.1 Å². The highest BCUT2D eigenvalue weighted by atomic mass is 16.6. The highest BCUT2D eigenvalue weighted by Crippen LogP contribution is 2.20. The number of hydrogen-bond donors (Lipinski definition) is 0. The molecule has 3 aromatic rings. The van der Waals surface area contributed by atoms with Crippen LogP contribution in [0.2, 0.25) is 0 Å². The minimum absolute atomic E-state index is 0.0280. The fourth-order valence-corrected chi connectivity index (χ4v) is 1.88. The summed E-state index contributed by atoms with van der Waals surface area (Å²) in [7, 11) is 0. The second-order valence-corrected chi connectivity index (χ2v) is 4.75. The number of nitriles is 1. The Morgan fingerprint density at radius 2 is 2.04 bits per heavy atom. The summed E-state index contributed by atoms with van der Waals surface area (Å²) in [5, 5.41) is 12.5. The molecule has 0 spiro atoms. The summed E-state index contributed by atoms with van der Waals surface area (Å²) < 4.78 is 20.6. The summed E-state index contributed by atoms with van der Waals surface area (Å²) in [4.78, 5) is 11.7. The van der Waals surface area contributed by atoms with Crippen molar-refractivity contribution in [3.63, 3.8) is 0 Å². The van der Waals surface area contributed by atoms with E-state index in [9.17, 15) is 4.79 Å². The average Bonchev–Trinajstić information content (AvgIpc) is 3.29. The minimum Gasteiger partial charge on any atom is -0.482 e. The molecule has 0 bridgehead atoms. The van der Waals surface area contributed by atoms with Gasteiger partial charge >= 0.3 is 5.97 Å². The van der Waals surface area contributed by atoms with E-state index in [0.29, 0.717) is 28.5 Å². The molecule has 7 nitrogen and oxygen atoms in total. The predicted octanol–water partition coefficient (Wildman–Crippen LogP) is 2.93. The first-order valence-corrected chi connectivity index (χ1v) is 7.02. The monoisotopic (exact) mass is 324 g/mol. The molecule has 0 unspecified atom stereocenters. The van der Waals surface area contributed by atoms with Crippen molar-refractivity contribution in [2.24, 2.45) is 0 Å². The zero-order valence-electron chi connectivity index (χ0n) is 12.5. The molecular formula is C17H12N2O5. The summed E-state index contributed by atoms with van der Waals surface area (Å²) in [6, 6.07) is 13.5. The Hall–Kier alpha value is -3.53. The predicted molar refractivity (Wildman–Crippen MR) is 80.7 cm³/mol. The van der Waals surface area contributed by atoms with Crippen LogP contribution in [-0.4, -0.2) is 17.7 Å². The zero-order valence-corrected chi connectivity index (χ0v) is 12.5.